The van der Waals surface area contributed by atoms with Gasteiger partial charge >= 0.3 is 6.09 Å². The van der Waals surface area contributed by atoms with Crippen LogP contribution in [0.15, 0.2) is 18.2 Å². The van der Waals surface area contributed by atoms with E-state index in [0.29, 0.717) is 18.8 Å². The van der Waals surface area contributed by atoms with Crippen LogP contribution in [-0.2, 0) is 0 Å². The Labute approximate surface area is 116 Å². The summed E-state index contributed by atoms with van der Waals surface area (Å²) in [4.78, 5) is 14.5. The molecule has 20 heavy (non-hydrogen) atoms. The van der Waals surface area contributed by atoms with Gasteiger partial charge in [0.2, 0.25) is 0 Å². The predicted molar refractivity (Wildman–Crippen MR) is 72.1 cm³/mol. The minimum atomic E-state index is -0.935. The lowest BCUT2D eigenvalue weighted by Gasteiger charge is -2.44. The molecule has 0 bridgehead atoms. The number of nitriles is 1. The number of rotatable bonds is 1. The van der Waals surface area contributed by atoms with Gasteiger partial charge in [-0.15, -0.1) is 0 Å². The molecule has 1 fully saturated rings. The number of anilines is 1. The standard InChI is InChI=1S/C14H16FN3O2/c1-9-8-18(14(19)20)10(2)7-17(9)12-4-3-11(6-16)13(15)5-12/h3-5,9-10H,7-8H2,1-2H3,(H,19,20)/t9-,10+/m0/s1. The molecule has 1 heterocycles. The molecule has 1 saturated heterocycles. The van der Waals surface area contributed by atoms with Gasteiger partial charge in [-0.25, -0.2) is 9.18 Å². The van der Waals surface area contributed by atoms with Crippen LogP contribution >= 0.6 is 0 Å². The molecule has 1 aromatic rings. The van der Waals surface area contributed by atoms with Crippen LogP contribution in [0.5, 0.6) is 0 Å². The van der Waals surface area contributed by atoms with Gasteiger partial charge in [-0.1, -0.05) is 0 Å². The van der Waals surface area contributed by atoms with Crippen molar-refractivity contribution in [2.75, 3.05) is 18.0 Å². The molecule has 1 N–H and O–H groups in total. The second-order valence-corrected chi connectivity index (χ2v) is 5.06. The zero-order chi connectivity index (χ0) is 14.9. The molecule has 5 nitrogen and oxygen atoms in total. The molecule has 1 aliphatic heterocycles. The van der Waals surface area contributed by atoms with Gasteiger partial charge in [0.15, 0.2) is 0 Å². The number of amides is 1. The number of halogens is 1. The van der Waals surface area contributed by atoms with Crippen LogP contribution in [-0.4, -0.2) is 41.3 Å². The van der Waals surface area contributed by atoms with E-state index in [2.05, 4.69) is 0 Å². The topological polar surface area (TPSA) is 67.6 Å². The van der Waals surface area contributed by atoms with Gasteiger partial charge in [0.1, 0.15) is 11.9 Å². The summed E-state index contributed by atoms with van der Waals surface area (Å²) in [6.45, 7) is 4.60. The summed E-state index contributed by atoms with van der Waals surface area (Å²) >= 11 is 0. The van der Waals surface area contributed by atoms with E-state index in [1.54, 1.807) is 12.1 Å². The fourth-order valence-corrected chi connectivity index (χ4v) is 2.53. The molecule has 0 unspecified atom stereocenters. The van der Waals surface area contributed by atoms with Crippen LogP contribution in [0.4, 0.5) is 14.9 Å². The van der Waals surface area contributed by atoms with E-state index in [4.69, 9.17) is 10.4 Å². The summed E-state index contributed by atoms with van der Waals surface area (Å²) in [5.41, 5.74) is 0.685. The minimum Gasteiger partial charge on any atom is -0.465 e. The molecule has 106 valence electrons. The third-order valence-electron chi connectivity index (χ3n) is 3.64. The SMILES string of the molecule is C[C@@H]1CN(c2ccc(C#N)c(F)c2)[C@@H](C)CN1C(=O)O. The monoisotopic (exact) mass is 277 g/mol. The molecule has 1 amide bonds. The predicted octanol–water partition coefficient (Wildman–Crippen LogP) is 2.27. The highest BCUT2D eigenvalue weighted by Crippen LogP contribution is 2.25. The van der Waals surface area contributed by atoms with E-state index in [1.807, 2.05) is 18.7 Å². The van der Waals surface area contributed by atoms with Gasteiger partial charge in [-0.2, -0.15) is 5.26 Å². The Morgan fingerprint density at radius 3 is 2.65 bits per heavy atom. The van der Waals surface area contributed by atoms with Crippen LogP contribution in [0.3, 0.4) is 0 Å². The van der Waals surface area contributed by atoms with Gasteiger partial charge in [0.25, 0.3) is 0 Å². The van der Waals surface area contributed by atoms with E-state index in [0.717, 1.165) is 0 Å². The molecule has 2 atom stereocenters. The highest BCUT2D eigenvalue weighted by atomic mass is 19.1. The normalized spacial score (nSPS) is 22.5. The van der Waals surface area contributed by atoms with Gasteiger partial charge < -0.3 is 14.9 Å². The molecule has 6 heteroatoms. The Balaban J connectivity index is 2.24. The third-order valence-corrected chi connectivity index (χ3v) is 3.64. The Bertz CT molecular complexity index is 570. The maximum Gasteiger partial charge on any atom is 0.407 e. The van der Waals surface area contributed by atoms with Crippen LogP contribution < -0.4 is 4.90 Å². The van der Waals surface area contributed by atoms with Crippen molar-refractivity contribution < 1.29 is 14.3 Å². The first kappa shape index (κ1) is 14.1. The van der Waals surface area contributed by atoms with E-state index >= 15 is 0 Å². The van der Waals surface area contributed by atoms with Gasteiger partial charge in [0, 0.05) is 30.9 Å². The average Bonchev–Trinajstić information content (AvgIpc) is 2.40. The second-order valence-electron chi connectivity index (χ2n) is 5.06. The molecule has 0 spiro atoms. The lowest BCUT2D eigenvalue weighted by Crippen LogP contribution is -2.58. The van der Waals surface area contributed by atoms with E-state index in [-0.39, 0.29) is 17.6 Å². The number of hydrogen-bond donors (Lipinski definition) is 1. The number of piperazine rings is 1. The van der Waals surface area contributed by atoms with Crippen molar-refractivity contribution in [2.45, 2.75) is 25.9 Å². The van der Waals surface area contributed by atoms with E-state index in [9.17, 15) is 9.18 Å². The Hall–Kier alpha value is -2.29. The van der Waals surface area contributed by atoms with Crippen molar-refractivity contribution in [1.82, 2.24) is 4.90 Å². The lowest BCUT2D eigenvalue weighted by molar-refractivity contribution is 0.114. The Kier molecular flexibility index (Phi) is 3.79. The van der Waals surface area contributed by atoms with Gasteiger partial charge in [0.05, 0.1) is 5.56 Å². The zero-order valence-electron chi connectivity index (χ0n) is 11.4. The Morgan fingerprint density at radius 1 is 1.40 bits per heavy atom. The van der Waals surface area contributed by atoms with Crippen LogP contribution in [0.1, 0.15) is 19.4 Å². The first-order chi connectivity index (χ1) is 9.43. The first-order valence-corrected chi connectivity index (χ1v) is 6.40. The molecular formula is C14H16FN3O2. The summed E-state index contributed by atoms with van der Waals surface area (Å²) < 4.78 is 13.7. The lowest BCUT2D eigenvalue weighted by atomic mass is 10.1. The van der Waals surface area contributed by atoms with Crippen molar-refractivity contribution in [3.63, 3.8) is 0 Å². The third kappa shape index (κ3) is 2.52. The summed E-state index contributed by atoms with van der Waals surface area (Å²) in [7, 11) is 0. The average molecular weight is 277 g/mol. The van der Waals surface area contributed by atoms with Crippen molar-refractivity contribution >= 4 is 11.8 Å². The molecule has 0 saturated carbocycles. The second kappa shape index (κ2) is 5.37. The number of carbonyl (C=O) groups is 1. The number of benzene rings is 1. The van der Waals surface area contributed by atoms with Crippen LogP contribution in [0, 0.1) is 17.1 Å². The van der Waals surface area contributed by atoms with Crippen molar-refractivity contribution in [1.29, 1.82) is 5.26 Å². The molecular weight excluding hydrogens is 261 g/mol. The van der Waals surface area contributed by atoms with Gasteiger partial charge in [-0.05, 0) is 32.0 Å². The summed E-state index contributed by atoms with van der Waals surface area (Å²) in [5.74, 6) is -0.550. The van der Waals surface area contributed by atoms with Crippen molar-refractivity contribution in [3.05, 3.63) is 29.6 Å². The maximum atomic E-state index is 13.7. The fourth-order valence-electron chi connectivity index (χ4n) is 2.53. The number of nitrogens with zero attached hydrogens (tertiary/aromatic N) is 3. The molecule has 1 aliphatic rings. The molecule has 0 radical (unpaired) electrons. The maximum absolute atomic E-state index is 13.7. The Morgan fingerprint density at radius 2 is 2.10 bits per heavy atom. The van der Waals surface area contributed by atoms with Crippen LogP contribution in [0.2, 0.25) is 0 Å². The molecule has 2 rings (SSSR count). The molecule has 0 aliphatic carbocycles. The molecule has 1 aromatic carbocycles. The van der Waals surface area contributed by atoms with E-state index in [1.165, 1.54) is 17.0 Å². The van der Waals surface area contributed by atoms with Crippen molar-refractivity contribution in [3.8, 4) is 6.07 Å². The zero-order valence-corrected chi connectivity index (χ0v) is 11.4. The highest BCUT2D eigenvalue weighted by molar-refractivity contribution is 5.66. The van der Waals surface area contributed by atoms with E-state index < -0.39 is 11.9 Å². The highest BCUT2D eigenvalue weighted by Gasteiger charge is 2.32. The minimum absolute atomic E-state index is 0.0126. The quantitative estimate of drug-likeness (QED) is 0.855. The largest absolute Gasteiger partial charge is 0.465 e. The van der Waals surface area contributed by atoms with Crippen molar-refractivity contribution in [2.24, 2.45) is 0 Å². The fraction of sp³-hybridized carbons (Fsp3) is 0.429. The summed E-state index contributed by atoms with van der Waals surface area (Å²) in [5, 5.41) is 17.8. The molecule has 0 aromatic heterocycles. The summed E-state index contributed by atoms with van der Waals surface area (Å²) in [6, 6.07) is 6.05. The van der Waals surface area contributed by atoms with Crippen LogP contribution in [0.25, 0.3) is 0 Å². The smallest absolute Gasteiger partial charge is 0.407 e. The summed E-state index contributed by atoms with van der Waals surface area (Å²) in [6.07, 6.45) is -0.935. The van der Waals surface area contributed by atoms with Gasteiger partial charge in [-0.3, -0.25) is 0 Å². The number of hydrogen-bond acceptors (Lipinski definition) is 3. The number of carboxylic acid groups (broad SMARTS) is 1. The first-order valence-electron chi connectivity index (χ1n) is 6.40.